The SMILES string of the molecule is O=C(NCC1CC2(CCNCC2)C(=O)O1)c1[nH]nc2ncccc12.O=C(O)C(F)(F)F. The number of halogens is 3. The molecule has 1 spiro atoms. The lowest BCUT2D eigenvalue weighted by molar-refractivity contribution is -0.192. The van der Waals surface area contributed by atoms with Crippen molar-refractivity contribution in [1.82, 2.24) is 25.8 Å². The highest BCUT2D eigenvalue weighted by Gasteiger charge is 2.49. The molecule has 10 nitrogen and oxygen atoms in total. The smallest absolute Gasteiger partial charge is 0.475 e. The summed E-state index contributed by atoms with van der Waals surface area (Å²) >= 11 is 0. The molecule has 4 rings (SSSR count). The van der Waals surface area contributed by atoms with Crippen molar-refractivity contribution in [3.63, 3.8) is 0 Å². The summed E-state index contributed by atoms with van der Waals surface area (Å²) in [6.45, 7) is 1.98. The zero-order valence-corrected chi connectivity index (χ0v) is 16.2. The van der Waals surface area contributed by atoms with E-state index < -0.39 is 12.1 Å². The third kappa shape index (κ3) is 5.10. The van der Waals surface area contributed by atoms with Crippen LogP contribution in [-0.2, 0) is 14.3 Å². The maximum Gasteiger partial charge on any atom is 0.490 e. The van der Waals surface area contributed by atoms with E-state index in [1.54, 1.807) is 18.3 Å². The molecule has 2 saturated heterocycles. The lowest BCUT2D eigenvalue weighted by atomic mass is 9.76. The molecular weight excluding hydrogens is 423 g/mol. The van der Waals surface area contributed by atoms with Crippen LogP contribution in [0.4, 0.5) is 13.2 Å². The summed E-state index contributed by atoms with van der Waals surface area (Å²) in [6, 6.07) is 3.55. The highest BCUT2D eigenvalue weighted by atomic mass is 19.4. The number of esters is 1. The van der Waals surface area contributed by atoms with Crippen LogP contribution < -0.4 is 10.6 Å². The average Bonchev–Trinajstić information content (AvgIpc) is 3.28. The monoisotopic (exact) mass is 443 g/mol. The predicted molar refractivity (Wildman–Crippen MR) is 98.9 cm³/mol. The van der Waals surface area contributed by atoms with Crippen molar-refractivity contribution in [2.75, 3.05) is 19.6 Å². The van der Waals surface area contributed by atoms with E-state index in [1.165, 1.54) is 0 Å². The van der Waals surface area contributed by atoms with Crippen molar-refractivity contribution >= 4 is 28.9 Å². The molecule has 0 aromatic carbocycles. The van der Waals surface area contributed by atoms with E-state index in [0.29, 0.717) is 29.7 Å². The van der Waals surface area contributed by atoms with Crippen molar-refractivity contribution in [2.45, 2.75) is 31.5 Å². The second kappa shape index (κ2) is 8.88. The predicted octanol–water partition coefficient (Wildman–Crippen LogP) is 1.01. The number of ether oxygens (including phenoxy) is 1. The Morgan fingerprint density at radius 3 is 2.65 bits per heavy atom. The van der Waals surface area contributed by atoms with Gasteiger partial charge in [0.2, 0.25) is 0 Å². The van der Waals surface area contributed by atoms with Gasteiger partial charge >= 0.3 is 18.1 Å². The Labute approximate surface area is 173 Å². The summed E-state index contributed by atoms with van der Waals surface area (Å²) in [5.41, 5.74) is 0.508. The summed E-state index contributed by atoms with van der Waals surface area (Å²) in [4.78, 5) is 37.6. The molecule has 0 saturated carbocycles. The summed E-state index contributed by atoms with van der Waals surface area (Å²) in [7, 11) is 0. The maximum atomic E-state index is 12.4. The first-order chi connectivity index (χ1) is 14.6. The van der Waals surface area contributed by atoms with Gasteiger partial charge in [0, 0.05) is 12.6 Å². The number of piperidine rings is 1. The van der Waals surface area contributed by atoms with Gasteiger partial charge < -0.3 is 20.5 Å². The van der Waals surface area contributed by atoms with Crippen LogP contribution in [0.15, 0.2) is 18.3 Å². The fourth-order valence-corrected chi connectivity index (χ4v) is 3.58. The van der Waals surface area contributed by atoms with E-state index in [0.717, 1.165) is 25.9 Å². The lowest BCUT2D eigenvalue weighted by Gasteiger charge is -2.29. The van der Waals surface area contributed by atoms with Crippen molar-refractivity contribution in [3.8, 4) is 0 Å². The second-order valence-corrected chi connectivity index (χ2v) is 7.25. The van der Waals surface area contributed by atoms with Crippen LogP contribution >= 0.6 is 0 Å². The molecule has 1 atom stereocenters. The third-order valence-electron chi connectivity index (χ3n) is 5.18. The minimum Gasteiger partial charge on any atom is -0.475 e. The summed E-state index contributed by atoms with van der Waals surface area (Å²) in [6.07, 6.45) is -1.47. The van der Waals surface area contributed by atoms with Gasteiger partial charge in [0.25, 0.3) is 5.91 Å². The summed E-state index contributed by atoms with van der Waals surface area (Å²) < 4.78 is 37.2. The molecule has 0 bridgehead atoms. The normalized spacial score (nSPS) is 20.1. The number of carbonyl (C=O) groups is 3. The first-order valence-corrected chi connectivity index (χ1v) is 9.41. The first kappa shape index (κ1) is 22.5. The van der Waals surface area contributed by atoms with Gasteiger partial charge in [-0.3, -0.25) is 14.7 Å². The number of fused-ring (bicyclic) bond motifs is 1. The van der Waals surface area contributed by atoms with Crippen LogP contribution in [0.3, 0.4) is 0 Å². The molecule has 2 aliphatic rings. The van der Waals surface area contributed by atoms with E-state index in [9.17, 15) is 22.8 Å². The molecular formula is C18H20F3N5O5. The molecule has 13 heteroatoms. The maximum absolute atomic E-state index is 12.4. The molecule has 1 unspecified atom stereocenters. The highest BCUT2D eigenvalue weighted by molar-refractivity contribution is 6.03. The number of hydrogen-bond acceptors (Lipinski definition) is 7. The number of aliphatic carboxylic acids is 1. The molecule has 31 heavy (non-hydrogen) atoms. The van der Waals surface area contributed by atoms with Crippen LogP contribution in [0.25, 0.3) is 11.0 Å². The number of H-pyrrole nitrogens is 1. The minimum absolute atomic E-state index is 0.126. The number of nitrogens with zero attached hydrogens (tertiary/aromatic N) is 2. The number of aromatic nitrogens is 3. The van der Waals surface area contributed by atoms with Gasteiger partial charge in [-0.05, 0) is 38.1 Å². The van der Waals surface area contributed by atoms with Gasteiger partial charge in [-0.1, -0.05) is 0 Å². The van der Waals surface area contributed by atoms with Gasteiger partial charge in [-0.25, -0.2) is 9.78 Å². The van der Waals surface area contributed by atoms with Gasteiger partial charge in [0.15, 0.2) is 5.65 Å². The number of cyclic esters (lactones) is 1. The second-order valence-electron chi connectivity index (χ2n) is 7.25. The highest BCUT2D eigenvalue weighted by Crippen LogP contribution is 2.41. The number of nitrogens with one attached hydrogen (secondary N) is 3. The van der Waals surface area contributed by atoms with Gasteiger partial charge in [-0.15, -0.1) is 0 Å². The largest absolute Gasteiger partial charge is 0.490 e. The Balaban J connectivity index is 0.000000339. The van der Waals surface area contributed by atoms with Gasteiger partial charge in [0.05, 0.1) is 17.3 Å². The molecule has 0 radical (unpaired) electrons. The number of rotatable bonds is 3. The number of carboxylic acids is 1. The molecule has 168 valence electrons. The Hall–Kier alpha value is -3.22. The zero-order chi connectivity index (χ0) is 22.6. The Morgan fingerprint density at radius 1 is 1.32 bits per heavy atom. The summed E-state index contributed by atoms with van der Waals surface area (Å²) in [5.74, 6) is -3.15. The number of alkyl halides is 3. The van der Waals surface area contributed by atoms with Crippen molar-refractivity contribution in [2.24, 2.45) is 5.41 Å². The standard InChI is InChI=1S/C16H19N5O3.C2HF3O2/c22-14(12-11-2-1-5-18-13(11)21-20-12)19-9-10-8-16(15(23)24-10)3-6-17-7-4-16;3-2(4,5)1(6)7/h1-2,5,10,17H,3-4,6-9H2,(H,19,22)(H,18,20,21);(H,6,7). The lowest BCUT2D eigenvalue weighted by Crippen LogP contribution is -2.39. The van der Waals surface area contributed by atoms with Crippen LogP contribution in [0, 0.1) is 5.41 Å². The van der Waals surface area contributed by atoms with Gasteiger partial charge in [-0.2, -0.15) is 18.3 Å². The van der Waals surface area contributed by atoms with Gasteiger partial charge in [0.1, 0.15) is 11.8 Å². The molecule has 4 heterocycles. The van der Waals surface area contributed by atoms with E-state index >= 15 is 0 Å². The number of carbonyl (C=O) groups excluding carboxylic acids is 2. The Bertz CT molecular complexity index is 971. The molecule has 1 amide bonds. The van der Waals surface area contributed by atoms with Crippen LogP contribution in [0.1, 0.15) is 29.8 Å². The van der Waals surface area contributed by atoms with Crippen molar-refractivity contribution in [3.05, 3.63) is 24.0 Å². The molecule has 0 aliphatic carbocycles. The van der Waals surface area contributed by atoms with Crippen LogP contribution in [-0.4, -0.2) is 70.0 Å². The molecule has 2 fully saturated rings. The molecule has 2 aromatic rings. The molecule has 4 N–H and O–H groups in total. The Morgan fingerprint density at radius 2 is 2.00 bits per heavy atom. The number of carboxylic acid groups (broad SMARTS) is 1. The topological polar surface area (TPSA) is 146 Å². The minimum atomic E-state index is -5.08. The number of amides is 1. The molecule has 2 aliphatic heterocycles. The average molecular weight is 443 g/mol. The third-order valence-corrected chi connectivity index (χ3v) is 5.18. The quantitative estimate of drug-likeness (QED) is 0.514. The van der Waals surface area contributed by atoms with Crippen molar-refractivity contribution in [1.29, 1.82) is 0 Å². The van der Waals surface area contributed by atoms with E-state index in [4.69, 9.17) is 14.6 Å². The fraction of sp³-hybridized carbons (Fsp3) is 0.500. The van der Waals surface area contributed by atoms with Crippen LogP contribution in [0.5, 0.6) is 0 Å². The summed E-state index contributed by atoms with van der Waals surface area (Å²) in [5, 5.41) is 20.6. The van der Waals surface area contributed by atoms with Crippen LogP contribution in [0.2, 0.25) is 0 Å². The van der Waals surface area contributed by atoms with E-state index in [1.807, 2.05) is 0 Å². The fourth-order valence-electron chi connectivity index (χ4n) is 3.58. The van der Waals surface area contributed by atoms with Crippen molar-refractivity contribution < 1.29 is 37.4 Å². The number of hydrogen-bond donors (Lipinski definition) is 4. The number of aromatic amines is 1. The zero-order valence-electron chi connectivity index (χ0n) is 16.2. The Kier molecular flexibility index (Phi) is 6.43. The molecule has 2 aromatic heterocycles. The number of pyridine rings is 1. The van der Waals surface area contributed by atoms with E-state index in [-0.39, 0.29) is 23.4 Å². The van der Waals surface area contributed by atoms with E-state index in [2.05, 4.69) is 25.8 Å². The first-order valence-electron chi connectivity index (χ1n) is 9.41.